The molecule has 0 rings (SSSR count). The smallest absolute Gasteiger partial charge is 0.306 e. The number of allylic oxidation sites excluding steroid dienone is 6. The number of phosphoric ester groups is 1. The minimum atomic E-state index is -4.63. The van der Waals surface area contributed by atoms with Gasteiger partial charge in [0.2, 0.25) is 0 Å². The van der Waals surface area contributed by atoms with Gasteiger partial charge in [-0.15, -0.1) is 0 Å². The van der Waals surface area contributed by atoms with E-state index in [1.165, 1.54) is 103 Å². The van der Waals surface area contributed by atoms with E-state index >= 15 is 0 Å². The standard InChI is InChI=1S/C44H82NO8P/c1-6-8-10-12-14-16-18-20-21-22-23-25-27-29-31-33-35-37-44(47)53-42(41-52-54(48,49)51-39-38-45(3,4)5)40-50-43(46)36-34-32-30-28-26-24-19-17-15-13-11-9-7-2/h20-21,23,25,29,31,42H,6-19,22,24,26-28,30,32-41H2,1-5H3/b21-20-,25-23-,31-29-. The highest BCUT2D eigenvalue weighted by molar-refractivity contribution is 7.45. The highest BCUT2D eigenvalue weighted by Gasteiger charge is 2.21. The molecule has 0 aliphatic rings. The Morgan fingerprint density at radius 3 is 1.54 bits per heavy atom. The molecule has 0 N–H and O–H groups in total. The van der Waals surface area contributed by atoms with Gasteiger partial charge in [-0.3, -0.25) is 14.2 Å². The lowest BCUT2D eigenvalue weighted by molar-refractivity contribution is -0.870. The molecule has 0 aromatic rings. The van der Waals surface area contributed by atoms with Gasteiger partial charge in [0.05, 0.1) is 27.7 Å². The molecule has 316 valence electrons. The van der Waals surface area contributed by atoms with Crippen molar-refractivity contribution in [3.63, 3.8) is 0 Å². The van der Waals surface area contributed by atoms with Crippen LogP contribution < -0.4 is 4.89 Å². The fraction of sp³-hybridized carbons (Fsp3) is 0.818. The Bertz CT molecular complexity index is 1020. The molecule has 0 heterocycles. The monoisotopic (exact) mass is 784 g/mol. The molecule has 0 aromatic carbocycles. The van der Waals surface area contributed by atoms with Crippen molar-refractivity contribution in [2.24, 2.45) is 0 Å². The molecule has 0 aliphatic carbocycles. The number of hydrogen-bond donors (Lipinski definition) is 0. The van der Waals surface area contributed by atoms with Gasteiger partial charge in [-0.05, 0) is 44.9 Å². The van der Waals surface area contributed by atoms with E-state index in [9.17, 15) is 19.0 Å². The first-order valence-corrected chi connectivity index (χ1v) is 23.2. The van der Waals surface area contributed by atoms with Crippen LogP contribution in [0.15, 0.2) is 36.5 Å². The number of rotatable bonds is 39. The molecule has 0 spiro atoms. The molecule has 2 unspecified atom stereocenters. The van der Waals surface area contributed by atoms with Gasteiger partial charge in [-0.25, -0.2) is 0 Å². The number of unbranched alkanes of at least 4 members (excludes halogenated alkanes) is 19. The number of esters is 2. The Hall–Kier alpha value is -1.77. The molecule has 0 radical (unpaired) electrons. The first-order chi connectivity index (χ1) is 26.0. The minimum absolute atomic E-state index is 0.0392. The van der Waals surface area contributed by atoms with Crippen molar-refractivity contribution in [3.05, 3.63) is 36.5 Å². The van der Waals surface area contributed by atoms with Crippen LogP contribution >= 0.6 is 7.82 Å². The summed E-state index contributed by atoms with van der Waals surface area (Å²) in [5, 5.41) is 0. The van der Waals surface area contributed by atoms with Gasteiger partial charge in [-0.1, -0.05) is 159 Å². The lowest BCUT2D eigenvalue weighted by Crippen LogP contribution is -2.37. The van der Waals surface area contributed by atoms with Gasteiger partial charge in [0, 0.05) is 12.8 Å². The summed E-state index contributed by atoms with van der Waals surface area (Å²) >= 11 is 0. The second-order valence-electron chi connectivity index (χ2n) is 15.7. The van der Waals surface area contributed by atoms with Crippen molar-refractivity contribution in [2.45, 2.75) is 187 Å². The second-order valence-corrected chi connectivity index (χ2v) is 17.1. The Morgan fingerprint density at radius 1 is 0.574 bits per heavy atom. The summed E-state index contributed by atoms with van der Waals surface area (Å²) in [4.78, 5) is 37.4. The molecule has 0 saturated carbocycles. The molecule has 0 fully saturated rings. The number of phosphoric acid groups is 1. The summed E-state index contributed by atoms with van der Waals surface area (Å²) in [5.74, 6) is -0.893. The maximum atomic E-state index is 12.6. The van der Waals surface area contributed by atoms with Crippen LogP contribution in [0.2, 0.25) is 0 Å². The molecule has 2 atom stereocenters. The van der Waals surface area contributed by atoms with Gasteiger partial charge in [-0.2, -0.15) is 0 Å². The van der Waals surface area contributed by atoms with E-state index < -0.39 is 32.5 Å². The van der Waals surface area contributed by atoms with Crippen LogP contribution in [0.1, 0.15) is 181 Å². The number of ether oxygens (including phenoxy) is 2. The molecule has 10 heteroatoms. The van der Waals surface area contributed by atoms with Gasteiger partial charge in [0.15, 0.2) is 6.10 Å². The maximum Gasteiger partial charge on any atom is 0.306 e. The average molecular weight is 784 g/mol. The van der Waals surface area contributed by atoms with Crippen LogP contribution in [0.5, 0.6) is 0 Å². The highest BCUT2D eigenvalue weighted by atomic mass is 31.2. The van der Waals surface area contributed by atoms with E-state index in [2.05, 4.69) is 44.2 Å². The highest BCUT2D eigenvalue weighted by Crippen LogP contribution is 2.38. The van der Waals surface area contributed by atoms with Crippen LogP contribution in [-0.4, -0.2) is 70.0 Å². The number of carbonyl (C=O) groups excluding carboxylic acids is 2. The summed E-state index contributed by atoms with van der Waals surface area (Å²) in [6.45, 7) is 4.16. The van der Waals surface area contributed by atoms with E-state index in [1.54, 1.807) is 0 Å². The average Bonchev–Trinajstić information content (AvgIpc) is 3.12. The molecular formula is C44H82NO8P. The zero-order chi connectivity index (χ0) is 40.0. The van der Waals surface area contributed by atoms with Crippen molar-refractivity contribution >= 4 is 19.8 Å². The summed E-state index contributed by atoms with van der Waals surface area (Å²) in [5.41, 5.74) is 0. The summed E-state index contributed by atoms with van der Waals surface area (Å²) < 4.78 is 33.8. The molecule has 0 bridgehead atoms. The predicted molar refractivity (Wildman–Crippen MR) is 222 cm³/mol. The van der Waals surface area contributed by atoms with Crippen molar-refractivity contribution in [2.75, 3.05) is 47.5 Å². The topological polar surface area (TPSA) is 111 Å². The predicted octanol–water partition coefficient (Wildman–Crippen LogP) is 11.5. The van der Waals surface area contributed by atoms with Crippen LogP contribution in [0.4, 0.5) is 0 Å². The largest absolute Gasteiger partial charge is 0.756 e. The third-order valence-electron chi connectivity index (χ3n) is 9.16. The Kier molecular flexibility index (Phi) is 35.6. The molecule has 0 amide bonds. The number of hydrogen-bond acceptors (Lipinski definition) is 8. The molecule has 0 aliphatic heterocycles. The first-order valence-electron chi connectivity index (χ1n) is 21.7. The number of likely N-dealkylation sites (N-methyl/N-ethyl adjacent to an activating group) is 1. The quantitative estimate of drug-likeness (QED) is 0.0199. The van der Waals surface area contributed by atoms with Crippen molar-refractivity contribution < 1.29 is 42.1 Å². The van der Waals surface area contributed by atoms with Gasteiger partial charge in [0.25, 0.3) is 7.82 Å². The van der Waals surface area contributed by atoms with Crippen molar-refractivity contribution in [1.82, 2.24) is 0 Å². The maximum absolute atomic E-state index is 12.6. The SMILES string of the molecule is CCCCCCCC/C=C\C/C=C\C/C=C\CCCC(=O)OC(COC(=O)CCCCCCCCCCCCCCC)COP(=O)([O-])OCC[N+](C)(C)C. The van der Waals surface area contributed by atoms with Gasteiger partial charge in [0.1, 0.15) is 19.8 Å². The van der Waals surface area contributed by atoms with E-state index in [0.29, 0.717) is 23.9 Å². The summed E-state index contributed by atoms with van der Waals surface area (Å²) in [6, 6.07) is 0. The second kappa shape index (κ2) is 36.8. The van der Waals surface area contributed by atoms with Gasteiger partial charge < -0.3 is 27.9 Å². The molecule has 0 saturated heterocycles. The fourth-order valence-electron chi connectivity index (χ4n) is 5.73. The van der Waals surface area contributed by atoms with Crippen LogP contribution in [0.3, 0.4) is 0 Å². The third-order valence-corrected chi connectivity index (χ3v) is 10.1. The number of quaternary nitrogens is 1. The van der Waals surface area contributed by atoms with Crippen molar-refractivity contribution in [1.29, 1.82) is 0 Å². The van der Waals surface area contributed by atoms with E-state index in [0.717, 1.165) is 38.5 Å². The lowest BCUT2D eigenvalue weighted by atomic mass is 10.0. The molecule has 9 nitrogen and oxygen atoms in total. The Morgan fingerprint density at radius 2 is 1.02 bits per heavy atom. The molecule has 0 aromatic heterocycles. The number of carbonyl (C=O) groups is 2. The van der Waals surface area contributed by atoms with E-state index in [1.807, 2.05) is 27.2 Å². The zero-order valence-electron chi connectivity index (χ0n) is 35.4. The van der Waals surface area contributed by atoms with Crippen molar-refractivity contribution in [3.8, 4) is 0 Å². The minimum Gasteiger partial charge on any atom is -0.756 e. The van der Waals surface area contributed by atoms with Crippen LogP contribution in [0.25, 0.3) is 0 Å². The first kappa shape index (κ1) is 52.2. The van der Waals surface area contributed by atoms with Crippen LogP contribution in [-0.2, 0) is 32.7 Å². The van der Waals surface area contributed by atoms with E-state index in [-0.39, 0.29) is 26.1 Å². The zero-order valence-corrected chi connectivity index (χ0v) is 36.3. The number of nitrogens with zero attached hydrogens (tertiary/aromatic N) is 1. The summed E-state index contributed by atoms with van der Waals surface area (Å²) in [7, 11) is 1.14. The normalized spacial score (nSPS) is 14.0. The third kappa shape index (κ3) is 39.9. The fourth-order valence-corrected chi connectivity index (χ4v) is 6.46. The molecule has 54 heavy (non-hydrogen) atoms. The van der Waals surface area contributed by atoms with Crippen LogP contribution in [0, 0.1) is 0 Å². The van der Waals surface area contributed by atoms with Gasteiger partial charge >= 0.3 is 11.9 Å². The summed E-state index contributed by atoms with van der Waals surface area (Å²) in [6.07, 6.45) is 40.3. The Labute approximate surface area is 331 Å². The lowest BCUT2D eigenvalue weighted by Gasteiger charge is -2.28. The Balaban J connectivity index is 4.46. The van der Waals surface area contributed by atoms with E-state index in [4.69, 9.17) is 18.5 Å². The molecular weight excluding hydrogens is 701 g/mol.